The van der Waals surface area contributed by atoms with Crippen molar-refractivity contribution in [2.24, 2.45) is 5.92 Å². The van der Waals surface area contributed by atoms with Gasteiger partial charge in [-0.15, -0.1) is 0 Å². The second-order valence-corrected chi connectivity index (χ2v) is 5.92. The number of carbonyl (C=O) groups is 2. The van der Waals surface area contributed by atoms with E-state index < -0.39 is 39.7 Å². The molecule has 1 fully saturated rings. The SMILES string of the molecule is CCOC(=O)CS(=O)(=O)NC1CCCC1C(=O)O. The van der Waals surface area contributed by atoms with Gasteiger partial charge in [0.25, 0.3) is 0 Å². The second-order valence-electron chi connectivity index (χ2n) is 4.16. The molecule has 2 atom stereocenters. The number of hydrogen-bond donors (Lipinski definition) is 2. The average molecular weight is 279 g/mol. The first-order valence-corrected chi connectivity index (χ1v) is 7.39. The van der Waals surface area contributed by atoms with E-state index in [1.54, 1.807) is 6.92 Å². The van der Waals surface area contributed by atoms with Crippen LogP contribution in [0.5, 0.6) is 0 Å². The fourth-order valence-electron chi connectivity index (χ4n) is 2.03. The smallest absolute Gasteiger partial charge is 0.322 e. The van der Waals surface area contributed by atoms with Crippen LogP contribution < -0.4 is 4.72 Å². The third-order valence-electron chi connectivity index (χ3n) is 2.78. The molecule has 0 spiro atoms. The van der Waals surface area contributed by atoms with Crippen LogP contribution in [0.3, 0.4) is 0 Å². The molecule has 0 aliphatic heterocycles. The summed E-state index contributed by atoms with van der Waals surface area (Å²) in [7, 11) is -3.84. The molecule has 0 heterocycles. The van der Waals surface area contributed by atoms with Gasteiger partial charge in [-0.25, -0.2) is 13.1 Å². The van der Waals surface area contributed by atoms with Gasteiger partial charge in [0.1, 0.15) is 0 Å². The quantitative estimate of drug-likeness (QED) is 0.647. The monoisotopic (exact) mass is 279 g/mol. The van der Waals surface area contributed by atoms with E-state index in [2.05, 4.69) is 9.46 Å². The highest BCUT2D eigenvalue weighted by Crippen LogP contribution is 2.26. The molecule has 1 saturated carbocycles. The molecular formula is C10H17NO6S. The maximum Gasteiger partial charge on any atom is 0.322 e. The van der Waals surface area contributed by atoms with Crippen LogP contribution in [-0.2, 0) is 24.3 Å². The molecule has 0 aromatic rings. The van der Waals surface area contributed by atoms with Crippen molar-refractivity contribution in [1.82, 2.24) is 4.72 Å². The van der Waals surface area contributed by atoms with Crippen LogP contribution in [0.2, 0.25) is 0 Å². The Morgan fingerprint density at radius 2 is 2.06 bits per heavy atom. The van der Waals surface area contributed by atoms with Crippen LogP contribution in [0, 0.1) is 5.92 Å². The van der Waals surface area contributed by atoms with Gasteiger partial charge >= 0.3 is 11.9 Å². The fraction of sp³-hybridized carbons (Fsp3) is 0.800. The van der Waals surface area contributed by atoms with E-state index in [-0.39, 0.29) is 6.61 Å². The number of sulfonamides is 1. The summed E-state index contributed by atoms with van der Waals surface area (Å²) in [4.78, 5) is 22.0. The number of nitrogens with one attached hydrogen (secondary N) is 1. The van der Waals surface area contributed by atoms with Crippen molar-refractivity contribution in [3.05, 3.63) is 0 Å². The van der Waals surface area contributed by atoms with Crippen LogP contribution >= 0.6 is 0 Å². The van der Waals surface area contributed by atoms with Crippen molar-refractivity contribution >= 4 is 22.0 Å². The van der Waals surface area contributed by atoms with Crippen LogP contribution in [0.4, 0.5) is 0 Å². The van der Waals surface area contributed by atoms with Crippen LogP contribution in [-0.4, -0.2) is 43.9 Å². The third kappa shape index (κ3) is 4.26. The first kappa shape index (κ1) is 14.9. The zero-order valence-corrected chi connectivity index (χ0v) is 10.9. The van der Waals surface area contributed by atoms with Crippen molar-refractivity contribution in [2.45, 2.75) is 32.2 Å². The predicted octanol–water partition coefficient (Wildman–Crippen LogP) is -0.278. The van der Waals surface area contributed by atoms with Gasteiger partial charge in [-0.1, -0.05) is 6.42 Å². The number of esters is 1. The van der Waals surface area contributed by atoms with Gasteiger partial charge in [-0.05, 0) is 19.8 Å². The number of rotatable bonds is 6. The lowest BCUT2D eigenvalue weighted by molar-refractivity contribution is -0.142. The van der Waals surface area contributed by atoms with Crippen molar-refractivity contribution in [3.8, 4) is 0 Å². The van der Waals surface area contributed by atoms with Gasteiger partial charge in [-0.3, -0.25) is 9.59 Å². The number of hydrogen-bond acceptors (Lipinski definition) is 5. The second kappa shape index (κ2) is 6.14. The molecule has 2 N–H and O–H groups in total. The van der Waals surface area contributed by atoms with Crippen molar-refractivity contribution in [2.75, 3.05) is 12.4 Å². The molecule has 0 radical (unpaired) electrons. The Morgan fingerprint density at radius 3 is 2.61 bits per heavy atom. The first-order chi connectivity index (χ1) is 8.35. The highest BCUT2D eigenvalue weighted by Gasteiger charge is 2.36. The molecule has 18 heavy (non-hydrogen) atoms. The zero-order valence-electron chi connectivity index (χ0n) is 10.1. The fourth-order valence-corrected chi connectivity index (χ4v) is 3.25. The molecule has 1 rings (SSSR count). The Bertz CT molecular complexity index is 418. The summed E-state index contributed by atoms with van der Waals surface area (Å²) in [5, 5.41) is 8.92. The van der Waals surface area contributed by atoms with E-state index in [4.69, 9.17) is 5.11 Å². The van der Waals surface area contributed by atoms with Crippen molar-refractivity contribution in [3.63, 3.8) is 0 Å². The minimum atomic E-state index is -3.84. The average Bonchev–Trinajstić information content (AvgIpc) is 2.63. The van der Waals surface area contributed by atoms with Crippen molar-refractivity contribution < 1.29 is 27.9 Å². The highest BCUT2D eigenvalue weighted by molar-refractivity contribution is 7.90. The van der Waals surface area contributed by atoms with Gasteiger partial charge in [-0.2, -0.15) is 0 Å². The van der Waals surface area contributed by atoms with Crippen LogP contribution in [0.15, 0.2) is 0 Å². The zero-order chi connectivity index (χ0) is 13.8. The standard InChI is InChI=1S/C10H17NO6S/c1-2-17-9(12)6-18(15,16)11-8-5-3-4-7(8)10(13)14/h7-8,11H,2-6H2,1H3,(H,13,14). The molecule has 0 aromatic carbocycles. The molecular weight excluding hydrogens is 262 g/mol. The normalized spacial score (nSPS) is 23.8. The van der Waals surface area contributed by atoms with Gasteiger partial charge in [0, 0.05) is 6.04 Å². The number of carboxylic acid groups (broad SMARTS) is 1. The molecule has 0 saturated heterocycles. The summed E-state index contributed by atoms with van der Waals surface area (Å²) in [6, 6.07) is -0.637. The molecule has 0 amide bonds. The van der Waals surface area contributed by atoms with E-state index in [1.807, 2.05) is 0 Å². The van der Waals surface area contributed by atoms with Crippen molar-refractivity contribution in [1.29, 1.82) is 0 Å². The minimum absolute atomic E-state index is 0.107. The van der Waals surface area contributed by atoms with Gasteiger partial charge in [0.15, 0.2) is 5.75 Å². The Labute approximate surface area is 106 Å². The molecule has 0 bridgehead atoms. The van der Waals surface area contributed by atoms with Gasteiger partial charge < -0.3 is 9.84 Å². The number of carbonyl (C=O) groups excluding carboxylic acids is 1. The lowest BCUT2D eigenvalue weighted by Crippen LogP contribution is -2.42. The molecule has 1 aliphatic carbocycles. The third-order valence-corrected chi connectivity index (χ3v) is 4.05. The van der Waals surface area contributed by atoms with E-state index >= 15 is 0 Å². The summed E-state index contributed by atoms with van der Waals surface area (Å²) in [6.45, 7) is 1.69. The summed E-state index contributed by atoms with van der Waals surface area (Å²) in [5.74, 6) is -3.35. The summed E-state index contributed by atoms with van der Waals surface area (Å²) in [6.07, 6.45) is 1.57. The first-order valence-electron chi connectivity index (χ1n) is 5.74. The van der Waals surface area contributed by atoms with Crippen LogP contribution in [0.1, 0.15) is 26.2 Å². The summed E-state index contributed by atoms with van der Waals surface area (Å²) in [5.41, 5.74) is 0. The Hall–Kier alpha value is -1.15. The molecule has 104 valence electrons. The molecule has 8 heteroatoms. The van der Waals surface area contributed by atoms with Crippen LogP contribution in [0.25, 0.3) is 0 Å². The Morgan fingerprint density at radius 1 is 1.39 bits per heavy atom. The van der Waals surface area contributed by atoms with E-state index in [0.29, 0.717) is 19.3 Å². The lowest BCUT2D eigenvalue weighted by atomic mass is 10.1. The molecule has 1 aliphatic rings. The maximum atomic E-state index is 11.6. The molecule has 2 unspecified atom stereocenters. The van der Waals surface area contributed by atoms with E-state index in [1.165, 1.54) is 0 Å². The topological polar surface area (TPSA) is 110 Å². The predicted molar refractivity (Wildman–Crippen MR) is 62.3 cm³/mol. The maximum absolute atomic E-state index is 11.6. The summed E-state index contributed by atoms with van der Waals surface area (Å²) < 4.78 is 30.1. The number of carboxylic acids is 1. The number of aliphatic carboxylic acids is 1. The van der Waals surface area contributed by atoms with Gasteiger partial charge in [0.05, 0.1) is 12.5 Å². The molecule has 7 nitrogen and oxygen atoms in total. The van der Waals surface area contributed by atoms with E-state index in [0.717, 1.165) is 0 Å². The van der Waals surface area contributed by atoms with Gasteiger partial charge in [0.2, 0.25) is 10.0 Å². The number of ether oxygens (including phenoxy) is 1. The summed E-state index contributed by atoms with van der Waals surface area (Å²) >= 11 is 0. The molecule has 0 aromatic heterocycles. The lowest BCUT2D eigenvalue weighted by Gasteiger charge is -2.17. The highest BCUT2D eigenvalue weighted by atomic mass is 32.2. The Kier molecular flexibility index (Phi) is 5.09. The minimum Gasteiger partial charge on any atom is -0.481 e. The Balaban J connectivity index is 2.60. The van der Waals surface area contributed by atoms with E-state index in [9.17, 15) is 18.0 Å². The largest absolute Gasteiger partial charge is 0.481 e.